The van der Waals surface area contributed by atoms with Crippen LogP contribution in [0.15, 0.2) is 48.5 Å². The number of nitriles is 1. The number of carbonyl (C=O) groups is 2. The smallest absolute Gasteiger partial charge is 0.260 e. The second-order valence-electron chi connectivity index (χ2n) is 7.03. The van der Waals surface area contributed by atoms with Crippen molar-refractivity contribution in [2.24, 2.45) is 5.92 Å². The number of hydrogen-bond acceptors (Lipinski definition) is 5. The van der Waals surface area contributed by atoms with Crippen LogP contribution in [0.2, 0.25) is 0 Å². The number of anilines is 1. The maximum Gasteiger partial charge on any atom is 0.260 e. The minimum Gasteiger partial charge on any atom is -0.490 e. The maximum atomic E-state index is 12.7. The summed E-state index contributed by atoms with van der Waals surface area (Å²) in [6, 6.07) is 16.2. The number of para-hydroxylation sites is 1. The molecule has 1 aliphatic heterocycles. The fourth-order valence-corrected chi connectivity index (χ4v) is 3.38. The third-order valence-electron chi connectivity index (χ3n) is 4.91. The molecule has 1 heterocycles. The third-order valence-corrected chi connectivity index (χ3v) is 4.91. The van der Waals surface area contributed by atoms with Crippen LogP contribution in [0, 0.1) is 17.2 Å². The Bertz CT molecular complexity index is 924. The van der Waals surface area contributed by atoms with Gasteiger partial charge in [0.2, 0.25) is 5.91 Å². The summed E-state index contributed by atoms with van der Waals surface area (Å²) in [6.45, 7) is 3.07. The van der Waals surface area contributed by atoms with E-state index in [-0.39, 0.29) is 24.3 Å². The van der Waals surface area contributed by atoms with Gasteiger partial charge in [-0.05, 0) is 44.0 Å². The summed E-state index contributed by atoms with van der Waals surface area (Å²) in [5.41, 5.74) is 1.21. The van der Waals surface area contributed by atoms with Crippen molar-refractivity contribution in [1.82, 2.24) is 4.90 Å². The molecule has 7 nitrogen and oxygen atoms in total. The monoisotopic (exact) mass is 407 g/mol. The van der Waals surface area contributed by atoms with Crippen molar-refractivity contribution in [3.63, 3.8) is 0 Å². The van der Waals surface area contributed by atoms with Crippen molar-refractivity contribution in [1.29, 1.82) is 5.26 Å². The third kappa shape index (κ3) is 5.51. The Kier molecular flexibility index (Phi) is 7.28. The van der Waals surface area contributed by atoms with Crippen LogP contribution >= 0.6 is 0 Å². The van der Waals surface area contributed by atoms with E-state index in [4.69, 9.17) is 14.7 Å². The highest BCUT2D eigenvalue weighted by Crippen LogP contribution is 2.28. The average Bonchev–Trinajstić information content (AvgIpc) is 2.79. The fourth-order valence-electron chi connectivity index (χ4n) is 3.38. The summed E-state index contributed by atoms with van der Waals surface area (Å²) in [6.07, 6.45) is 1.51. The quantitative estimate of drug-likeness (QED) is 0.761. The van der Waals surface area contributed by atoms with Crippen LogP contribution in [0.3, 0.4) is 0 Å². The molecule has 0 aromatic heterocycles. The predicted molar refractivity (Wildman–Crippen MR) is 112 cm³/mol. The van der Waals surface area contributed by atoms with E-state index in [2.05, 4.69) is 11.4 Å². The summed E-state index contributed by atoms with van der Waals surface area (Å²) in [4.78, 5) is 26.9. The maximum absolute atomic E-state index is 12.7. The molecule has 0 saturated carbocycles. The minimum atomic E-state index is -0.253. The Morgan fingerprint density at radius 2 is 1.97 bits per heavy atom. The normalized spacial score (nSPS) is 15.7. The largest absolute Gasteiger partial charge is 0.490 e. The van der Waals surface area contributed by atoms with Crippen LogP contribution < -0.4 is 14.8 Å². The number of rotatable bonds is 7. The molecule has 1 saturated heterocycles. The molecule has 3 rings (SSSR count). The lowest BCUT2D eigenvalue weighted by Gasteiger charge is -2.32. The molecule has 0 unspecified atom stereocenters. The van der Waals surface area contributed by atoms with Gasteiger partial charge in [-0.15, -0.1) is 0 Å². The van der Waals surface area contributed by atoms with E-state index in [1.807, 2.05) is 37.3 Å². The molecule has 7 heteroatoms. The Morgan fingerprint density at radius 1 is 1.17 bits per heavy atom. The molecule has 1 fully saturated rings. The van der Waals surface area contributed by atoms with Gasteiger partial charge in [0.25, 0.3) is 5.91 Å². The summed E-state index contributed by atoms with van der Waals surface area (Å²) < 4.78 is 11.2. The Morgan fingerprint density at radius 3 is 2.70 bits per heavy atom. The highest BCUT2D eigenvalue weighted by Gasteiger charge is 2.28. The molecule has 2 amide bonds. The van der Waals surface area contributed by atoms with E-state index in [9.17, 15) is 9.59 Å². The second kappa shape index (κ2) is 10.3. The molecule has 1 aliphatic rings. The van der Waals surface area contributed by atoms with Gasteiger partial charge in [0.1, 0.15) is 0 Å². The van der Waals surface area contributed by atoms with E-state index in [1.165, 1.54) is 0 Å². The zero-order chi connectivity index (χ0) is 21.3. The first-order chi connectivity index (χ1) is 14.6. The van der Waals surface area contributed by atoms with E-state index in [0.717, 1.165) is 18.5 Å². The molecular formula is C23H25N3O4. The van der Waals surface area contributed by atoms with Gasteiger partial charge >= 0.3 is 0 Å². The van der Waals surface area contributed by atoms with Gasteiger partial charge in [0.05, 0.1) is 24.2 Å². The number of nitrogens with zero attached hydrogens (tertiary/aromatic N) is 2. The summed E-state index contributed by atoms with van der Waals surface area (Å²) in [7, 11) is 0. The van der Waals surface area contributed by atoms with Crippen LogP contribution in [0.1, 0.15) is 25.3 Å². The van der Waals surface area contributed by atoms with E-state index in [0.29, 0.717) is 36.8 Å². The molecule has 2 aromatic carbocycles. The zero-order valence-electron chi connectivity index (χ0n) is 17.0. The van der Waals surface area contributed by atoms with Crippen molar-refractivity contribution in [2.45, 2.75) is 19.8 Å². The van der Waals surface area contributed by atoms with Gasteiger partial charge in [0.15, 0.2) is 18.1 Å². The zero-order valence-corrected chi connectivity index (χ0v) is 17.0. The topological polar surface area (TPSA) is 91.7 Å². The minimum absolute atomic E-state index is 0.0784. The molecule has 0 radical (unpaired) electrons. The summed E-state index contributed by atoms with van der Waals surface area (Å²) in [5, 5.41) is 11.9. The molecule has 0 spiro atoms. The summed E-state index contributed by atoms with van der Waals surface area (Å²) >= 11 is 0. The number of hydrogen-bond donors (Lipinski definition) is 1. The predicted octanol–water partition coefficient (Wildman–Crippen LogP) is 3.21. The first kappa shape index (κ1) is 21.2. The van der Waals surface area contributed by atoms with Crippen LogP contribution in [0.4, 0.5) is 5.69 Å². The van der Waals surface area contributed by atoms with Gasteiger partial charge in [-0.3, -0.25) is 9.59 Å². The number of likely N-dealkylation sites (tertiary alicyclic amines) is 1. The SMILES string of the molecule is CCOc1cc(C#N)ccc1OCC(=O)N1CCC[C@@H](C(=O)Nc2ccccc2)C1. The second-order valence-corrected chi connectivity index (χ2v) is 7.03. The van der Waals surface area contributed by atoms with E-state index >= 15 is 0 Å². The Labute approximate surface area is 176 Å². The highest BCUT2D eigenvalue weighted by molar-refractivity contribution is 5.93. The first-order valence-electron chi connectivity index (χ1n) is 10.0. The van der Waals surface area contributed by atoms with Gasteiger partial charge in [-0.25, -0.2) is 0 Å². The molecule has 0 aliphatic carbocycles. The van der Waals surface area contributed by atoms with Crippen molar-refractivity contribution >= 4 is 17.5 Å². The van der Waals surface area contributed by atoms with Gasteiger partial charge in [-0.2, -0.15) is 5.26 Å². The standard InChI is InChI=1S/C23H25N3O4/c1-2-29-21-13-17(14-24)10-11-20(21)30-16-22(27)26-12-6-7-18(15-26)23(28)25-19-8-4-3-5-9-19/h3-5,8-11,13,18H,2,6-7,12,15-16H2,1H3,(H,25,28)/t18-/m1/s1. The number of benzene rings is 2. The average molecular weight is 407 g/mol. The highest BCUT2D eigenvalue weighted by atomic mass is 16.5. The van der Waals surface area contributed by atoms with Gasteiger partial charge in [-0.1, -0.05) is 18.2 Å². The van der Waals surface area contributed by atoms with Crippen molar-refractivity contribution < 1.29 is 19.1 Å². The van der Waals surface area contributed by atoms with Gasteiger partial charge in [0, 0.05) is 24.8 Å². The van der Waals surface area contributed by atoms with Crippen LogP contribution in [-0.4, -0.2) is 43.0 Å². The first-order valence-corrected chi connectivity index (χ1v) is 10.0. The lowest BCUT2D eigenvalue weighted by atomic mass is 9.97. The van der Waals surface area contributed by atoms with E-state index in [1.54, 1.807) is 23.1 Å². The summed E-state index contributed by atoms with van der Waals surface area (Å²) in [5.74, 6) is 0.337. The fraction of sp³-hybridized carbons (Fsp3) is 0.348. The van der Waals surface area contributed by atoms with Gasteiger partial charge < -0.3 is 19.7 Å². The molecule has 2 aromatic rings. The molecule has 1 atom stereocenters. The van der Waals surface area contributed by atoms with Crippen LogP contribution in [-0.2, 0) is 9.59 Å². The van der Waals surface area contributed by atoms with Crippen LogP contribution in [0.25, 0.3) is 0 Å². The molecular weight excluding hydrogens is 382 g/mol. The molecule has 0 bridgehead atoms. The van der Waals surface area contributed by atoms with Crippen molar-refractivity contribution in [3.05, 3.63) is 54.1 Å². The van der Waals surface area contributed by atoms with Crippen molar-refractivity contribution in [2.75, 3.05) is 31.6 Å². The number of carbonyl (C=O) groups excluding carboxylic acids is 2. The number of amides is 2. The lowest BCUT2D eigenvalue weighted by Crippen LogP contribution is -2.45. The number of nitrogens with one attached hydrogen (secondary N) is 1. The van der Waals surface area contributed by atoms with Crippen LogP contribution in [0.5, 0.6) is 11.5 Å². The molecule has 156 valence electrons. The molecule has 30 heavy (non-hydrogen) atoms. The van der Waals surface area contributed by atoms with E-state index < -0.39 is 0 Å². The Hall–Kier alpha value is -3.53. The Balaban J connectivity index is 1.57. The lowest BCUT2D eigenvalue weighted by molar-refractivity contribution is -0.136. The number of ether oxygens (including phenoxy) is 2. The molecule has 1 N–H and O–H groups in total. The number of piperidine rings is 1. The van der Waals surface area contributed by atoms with Crippen molar-refractivity contribution in [3.8, 4) is 17.6 Å².